The minimum absolute atomic E-state index is 0.0243. The molecule has 25 heavy (non-hydrogen) atoms. The summed E-state index contributed by atoms with van der Waals surface area (Å²) in [6.45, 7) is 6.47. The molecule has 0 aromatic heterocycles. The molecule has 0 heterocycles. The summed E-state index contributed by atoms with van der Waals surface area (Å²) in [6.07, 6.45) is 8.02. The summed E-state index contributed by atoms with van der Waals surface area (Å²) >= 11 is 0. The van der Waals surface area contributed by atoms with E-state index in [0.717, 1.165) is 19.3 Å². The Labute approximate surface area is 157 Å². The lowest BCUT2D eigenvalue weighted by molar-refractivity contribution is 0.102. The second kappa shape index (κ2) is 13.4. The summed E-state index contributed by atoms with van der Waals surface area (Å²) in [5, 5.41) is 3.73. The van der Waals surface area contributed by atoms with Crippen molar-refractivity contribution in [2.24, 2.45) is 0 Å². The summed E-state index contributed by atoms with van der Waals surface area (Å²) in [6, 6.07) is 0. The van der Waals surface area contributed by atoms with Gasteiger partial charge in [-0.15, -0.1) is 0 Å². The van der Waals surface area contributed by atoms with Gasteiger partial charge in [-0.05, 0) is 19.4 Å². The second-order valence-corrected chi connectivity index (χ2v) is 13.2. The average Bonchev–Trinajstić information content (AvgIpc) is 2.66. The lowest BCUT2D eigenvalue weighted by Crippen LogP contribution is -2.67. The van der Waals surface area contributed by atoms with E-state index >= 15 is 0 Å². The molecule has 0 saturated carbocycles. The van der Waals surface area contributed by atoms with Crippen molar-refractivity contribution in [3.05, 3.63) is 0 Å². The van der Waals surface area contributed by atoms with Crippen molar-refractivity contribution in [1.29, 1.82) is 0 Å². The molecule has 0 radical (unpaired) electrons. The maximum atomic E-state index is 5.77. The maximum Gasteiger partial charge on any atom is 0.518 e. The zero-order chi connectivity index (χ0) is 19.3. The summed E-state index contributed by atoms with van der Waals surface area (Å²) in [5.74, 6) is 0. The third-order valence-electron chi connectivity index (χ3n) is 5.13. The van der Waals surface area contributed by atoms with Gasteiger partial charge >= 0.3 is 17.4 Å². The molecule has 0 aliphatic rings. The molecule has 0 aliphatic heterocycles. The predicted octanol–water partition coefficient (Wildman–Crippen LogP) is 3.41. The number of hydrogen-bond donors (Lipinski definition) is 1. The lowest BCUT2D eigenvalue weighted by Gasteiger charge is -2.39. The fourth-order valence-electron chi connectivity index (χ4n) is 3.24. The molecule has 0 saturated heterocycles. The number of rotatable bonds is 16. The van der Waals surface area contributed by atoms with E-state index < -0.39 is 17.4 Å². The summed E-state index contributed by atoms with van der Waals surface area (Å²) < 4.78 is 28.8. The third kappa shape index (κ3) is 7.38. The largest absolute Gasteiger partial charge is 0.518 e. The molecule has 152 valence electrons. The molecule has 0 bridgehead atoms. The van der Waals surface area contributed by atoms with E-state index in [-0.39, 0.29) is 11.3 Å². The number of nitrogens with one attached hydrogen (secondary N) is 1. The van der Waals surface area contributed by atoms with Crippen LogP contribution in [0.15, 0.2) is 0 Å². The van der Waals surface area contributed by atoms with Gasteiger partial charge in [0.2, 0.25) is 0 Å². The van der Waals surface area contributed by atoms with E-state index in [0.29, 0.717) is 0 Å². The van der Waals surface area contributed by atoms with E-state index in [1.54, 1.807) is 35.5 Å². The predicted molar refractivity (Wildman–Crippen MR) is 107 cm³/mol. The SMILES string of the molecule is CCCCCCCC(NC(CC)[Si](C)(OC)OC)[Si](OC)(OC)OC. The van der Waals surface area contributed by atoms with Gasteiger partial charge in [-0.1, -0.05) is 46.0 Å². The molecule has 0 aliphatic carbocycles. The Morgan fingerprint density at radius 2 is 1.24 bits per heavy atom. The van der Waals surface area contributed by atoms with Gasteiger partial charge in [0.15, 0.2) is 0 Å². The van der Waals surface area contributed by atoms with Crippen LogP contribution >= 0.6 is 0 Å². The molecular weight excluding hydrogens is 354 g/mol. The van der Waals surface area contributed by atoms with E-state index in [4.69, 9.17) is 22.1 Å². The second-order valence-electron chi connectivity index (χ2n) is 6.52. The lowest BCUT2D eigenvalue weighted by atomic mass is 10.1. The topological polar surface area (TPSA) is 58.2 Å². The van der Waals surface area contributed by atoms with Gasteiger partial charge < -0.3 is 27.4 Å². The van der Waals surface area contributed by atoms with Crippen molar-refractivity contribution in [1.82, 2.24) is 5.32 Å². The molecule has 0 amide bonds. The Bertz CT molecular complexity index is 320. The smallest absolute Gasteiger partial charge is 0.397 e. The minimum atomic E-state index is -2.80. The van der Waals surface area contributed by atoms with E-state index in [1.165, 1.54) is 25.7 Å². The van der Waals surface area contributed by atoms with Gasteiger partial charge in [0, 0.05) is 35.5 Å². The van der Waals surface area contributed by atoms with Crippen molar-refractivity contribution >= 4 is 17.4 Å². The van der Waals surface area contributed by atoms with Gasteiger partial charge in [0.1, 0.15) is 0 Å². The average molecular weight is 396 g/mol. The summed E-state index contributed by atoms with van der Waals surface area (Å²) in [5.41, 5.74) is 0.159. The van der Waals surface area contributed by atoms with Crippen LogP contribution in [0.3, 0.4) is 0 Å². The van der Waals surface area contributed by atoms with Crippen molar-refractivity contribution in [2.45, 2.75) is 76.7 Å². The quantitative estimate of drug-likeness (QED) is 0.319. The van der Waals surface area contributed by atoms with Gasteiger partial charge in [-0.25, -0.2) is 0 Å². The molecule has 0 aromatic carbocycles. The first-order valence-electron chi connectivity index (χ1n) is 9.45. The van der Waals surface area contributed by atoms with Crippen LogP contribution in [-0.2, 0) is 22.1 Å². The van der Waals surface area contributed by atoms with Crippen LogP contribution in [0.5, 0.6) is 0 Å². The van der Waals surface area contributed by atoms with Gasteiger partial charge in [-0.2, -0.15) is 0 Å². The first-order chi connectivity index (χ1) is 11.9. The van der Waals surface area contributed by atoms with Crippen LogP contribution in [0.2, 0.25) is 6.55 Å². The number of unbranched alkanes of at least 4 members (excludes halogenated alkanes) is 4. The van der Waals surface area contributed by atoms with E-state index in [9.17, 15) is 0 Å². The summed E-state index contributed by atoms with van der Waals surface area (Å²) in [4.78, 5) is 0. The zero-order valence-corrected chi connectivity index (χ0v) is 19.6. The first kappa shape index (κ1) is 25.2. The van der Waals surface area contributed by atoms with E-state index in [2.05, 4.69) is 25.7 Å². The maximum absolute atomic E-state index is 5.77. The van der Waals surface area contributed by atoms with Crippen LogP contribution in [-0.4, -0.2) is 64.2 Å². The fourth-order valence-corrected chi connectivity index (χ4v) is 7.71. The third-order valence-corrected chi connectivity index (χ3v) is 11.6. The highest BCUT2D eigenvalue weighted by Gasteiger charge is 2.50. The molecule has 0 spiro atoms. The molecule has 2 atom stereocenters. The highest BCUT2D eigenvalue weighted by molar-refractivity contribution is 6.68. The molecule has 0 rings (SSSR count). The zero-order valence-electron chi connectivity index (χ0n) is 17.6. The minimum Gasteiger partial charge on any atom is -0.397 e. The standard InChI is InChI=1S/C17H41NO5Si2/c1-9-11-12-13-14-15-17(25(21-5,22-6)23-7)18-16(10-2)24(8,19-3)20-4/h16-18H,9-15H2,1-8H3. The molecular formula is C17H41NO5Si2. The highest BCUT2D eigenvalue weighted by Crippen LogP contribution is 2.22. The Hall–Kier alpha value is 0.194. The molecule has 8 heteroatoms. The molecule has 2 unspecified atom stereocenters. The highest BCUT2D eigenvalue weighted by atomic mass is 28.4. The monoisotopic (exact) mass is 395 g/mol. The van der Waals surface area contributed by atoms with Gasteiger partial charge in [0.05, 0.1) is 11.3 Å². The van der Waals surface area contributed by atoms with Crippen molar-refractivity contribution < 1.29 is 22.1 Å². The van der Waals surface area contributed by atoms with Crippen LogP contribution in [0.4, 0.5) is 0 Å². The Balaban J connectivity index is 5.21. The Morgan fingerprint density at radius 3 is 1.64 bits per heavy atom. The van der Waals surface area contributed by atoms with Crippen LogP contribution in [0.25, 0.3) is 0 Å². The normalized spacial score (nSPS) is 15.4. The van der Waals surface area contributed by atoms with Gasteiger partial charge in [-0.3, -0.25) is 0 Å². The van der Waals surface area contributed by atoms with Crippen molar-refractivity contribution in [2.75, 3.05) is 35.5 Å². The van der Waals surface area contributed by atoms with Gasteiger partial charge in [0.25, 0.3) is 0 Å². The Kier molecular flexibility index (Phi) is 13.5. The van der Waals surface area contributed by atoms with Crippen molar-refractivity contribution in [3.8, 4) is 0 Å². The van der Waals surface area contributed by atoms with Crippen LogP contribution in [0, 0.1) is 0 Å². The molecule has 0 fully saturated rings. The Morgan fingerprint density at radius 1 is 0.720 bits per heavy atom. The number of hydrogen-bond acceptors (Lipinski definition) is 6. The van der Waals surface area contributed by atoms with Crippen LogP contribution in [0.1, 0.15) is 58.8 Å². The van der Waals surface area contributed by atoms with Crippen molar-refractivity contribution in [3.63, 3.8) is 0 Å². The van der Waals surface area contributed by atoms with E-state index in [1.807, 2.05) is 0 Å². The molecule has 0 aromatic rings. The first-order valence-corrected chi connectivity index (χ1v) is 13.6. The summed E-state index contributed by atoms with van der Waals surface area (Å²) in [7, 11) is 3.37. The molecule has 6 nitrogen and oxygen atoms in total. The fraction of sp³-hybridized carbons (Fsp3) is 1.00. The molecule has 1 N–H and O–H groups in total. The van der Waals surface area contributed by atoms with Crippen LogP contribution < -0.4 is 5.32 Å².